The first-order valence-corrected chi connectivity index (χ1v) is 6.19. The fourth-order valence-electron chi connectivity index (χ4n) is 1.11. The van der Waals surface area contributed by atoms with E-state index in [-0.39, 0.29) is 6.04 Å². The Morgan fingerprint density at radius 2 is 1.88 bits per heavy atom. The van der Waals surface area contributed by atoms with Crippen molar-refractivity contribution < 1.29 is 0 Å². The van der Waals surface area contributed by atoms with E-state index in [9.17, 15) is 0 Å². The lowest BCUT2D eigenvalue weighted by Crippen LogP contribution is -2.36. The summed E-state index contributed by atoms with van der Waals surface area (Å²) in [6.45, 7) is 3.99. The van der Waals surface area contributed by atoms with E-state index in [0.29, 0.717) is 15.2 Å². The lowest BCUT2D eigenvalue weighted by Gasteiger charge is -2.09. The second-order valence-corrected chi connectivity index (χ2v) is 4.98. The second kappa shape index (κ2) is 6.79. The predicted molar refractivity (Wildman–Crippen MR) is 78.1 cm³/mol. The van der Waals surface area contributed by atoms with E-state index in [2.05, 4.69) is 15.8 Å². The van der Waals surface area contributed by atoms with Gasteiger partial charge in [0.1, 0.15) is 0 Å². The van der Waals surface area contributed by atoms with Gasteiger partial charge in [0.2, 0.25) is 0 Å². The minimum atomic E-state index is 0.269. The van der Waals surface area contributed by atoms with Gasteiger partial charge >= 0.3 is 0 Å². The first-order valence-electron chi connectivity index (χ1n) is 5.03. The molecule has 92 valence electrons. The highest BCUT2D eigenvalue weighted by atomic mass is 35.5. The van der Waals surface area contributed by atoms with Crippen LogP contribution in [0.5, 0.6) is 0 Å². The molecular weight excluding hydrogens is 277 g/mol. The summed E-state index contributed by atoms with van der Waals surface area (Å²) in [5.74, 6) is 0. The van der Waals surface area contributed by atoms with Crippen molar-refractivity contribution in [2.45, 2.75) is 19.9 Å². The first-order chi connectivity index (χ1) is 7.97. The van der Waals surface area contributed by atoms with Gasteiger partial charge in [-0.1, -0.05) is 23.2 Å². The molecule has 0 spiro atoms. The molecule has 0 bridgehead atoms. The van der Waals surface area contributed by atoms with Crippen molar-refractivity contribution in [2.24, 2.45) is 5.10 Å². The van der Waals surface area contributed by atoms with Crippen molar-refractivity contribution in [3.05, 3.63) is 33.8 Å². The van der Waals surface area contributed by atoms with Crippen LogP contribution in [0, 0.1) is 0 Å². The van der Waals surface area contributed by atoms with E-state index in [0.717, 1.165) is 5.56 Å². The van der Waals surface area contributed by atoms with Gasteiger partial charge in [0.15, 0.2) is 5.11 Å². The minimum absolute atomic E-state index is 0.269. The third kappa shape index (κ3) is 5.86. The Labute approximate surface area is 116 Å². The summed E-state index contributed by atoms with van der Waals surface area (Å²) < 4.78 is 0. The number of benzene rings is 1. The van der Waals surface area contributed by atoms with Crippen molar-refractivity contribution in [3.63, 3.8) is 0 Å². The van der Waals surface area contributed by atoms with E-state index < -0.39 is 0 Å². The fraction of sp³-hybridized carbons (Fsp3) is 0.273. The topological polar surface area (TPSA) is 36.4 Å². The molecule has 1 aromatic carbocycles. The zero-order valence-electron chi connectivity index (χ0n) is 9.50. The van der Waals surface area contributed by atoms with Crippen molar-refractivity contribution >= 4 is 46.7 Å². The molecule has 0 radical (unpaired) electrons. The van der Waals surface area contributed by atoms with Crippen LogP contribution in [-0.2, 0) is 0 Å². The van der Waals surface area contributed by atoms with Crippen LogP contribution < -0.4 is 10.7 Å². The van der Waals surface area contributed by atoms with E-state index in [1.54, 1.807) is 24.4 Å². The van der Waals surface area contributed by atoms with E-state index >= 15 is 0 Å². The quantitative estimate of drug-likeness (QED) is 0.510. The molecule has 0 aliphatic heterocycles. The molecule has 0 heterocycles. The molecule has 6 heteroatoms. The molecule has 0 unspecified atom stereocenters. The molecule has 0 aliphatic carbocycles. The van der Waals surface area contributed by atoms with Gasteiger partial charge in [0, 0.05) is 16.1 Å². The molecule has 0 amide bonds. The SMILES string of the molecule is CC(C)NC(=S)NN=Cc1cc(Cl)cc(Cl)c1. The zero-order valence-corrected chi connectivity index (χ0v) is 11.8. The van der Waals surface area contributed by atoms with Crippen LogP contribution in [0.4, 0.5) is 0 Å². The Morgan fingerprint density at radius 1 is 1.29 bits per heavy atom. The van der Waals surface area contributed by atoms with Crippen molar-refractivity contribution in [2.75, 3.05) is 0 Å². The third-order valence-electron chi connectivity index (χ3n) is 1.68. The molecule has 0 saturated heterocycles. The normalized spacial score (nSPS) is 10.9. The highest BCUT2D eigenvalue weighted by Gasteiger charge is 1.97. The number of hydrogen-bond acceptors (Lipinski definition) is 2. The lowest BCUT2D eigenvalue weighted by molar-refractivity contribution is 0.720. The summed E-state index contributed by atoms with van der Waals surface area (Å²) in [5.41, 5.74) is 3.51. The van der Waals surface area contributed by atoms with Crippen LogP contribution >= 0.6 is 35.4 Å². The summed E-state index contributed by atoms with van der Waals surface area (Å²) in [7, 11) is 0. The number of hydrogen-bond donors (Lipinski definition) is 2. The average Bonchev–Trinajstić information content (AvgIpc) is 2.14. The molecule has 0 fully saturated rings. The molecule has 0 aliphatic rings. The largest absolute Gasteiger partial charge is 0.359 e. The monoisotopic (exact) mass is 289 g/mol. The van der Waals surface area contributed by atoms with Gasteiger partial charge in [0.25, 0.3) is 0 Å². The highest BCUT2D eigenvalue weighted by molar-refractivity contribution is 7.80. The predicted octanol–water partition coefficient (Wildman–Crippen LogP) is 3.20. The fourth-order valence-corrected chi connectivity index (χ4v) is 1.94. The molecule has 0 atom stereocenters. The lowest BCUT2D eigenvalue weighted by atomic mass is 10.2. The van der Waals surface area contributed by atoms with Crippen LogP contribution in [0.3, 0.4) is 0 Å². The molecule has 2 N–H and O–H groups in total. The Morgan fingerprint density at radius 3 is 2.41 bits per heavy atom. The van der Waals surface area contributed by atoms with E-state index in [1.165, 1.54) is 0 Å². The standard InChI is InChI=1S/C11H13Cl2N3S/c1-7(2)15-11(17)16-14-6-8-3-9(12)5-10(13)4-8/h3-7H,1-2H3,(H2,15,16,17). The van der Waals surface area contributed by atoms with Crippen LogP contribution in [0.25, 0.3) is 0 Å². The average molecular weight is 290 g/mol. The highest BCUT2D eigenvalue weighted by Crippen LogP contribution is 2.17. The number of thiocarbonyl (C=S) groups is 1. The second-order valence-electron chi connectivity index (χ2n) is 3.70. The summed E-state index contributed by atoms with van der Waals surface area (Å²) in [5, 5.41) is 8.61. The molecule has 0 aromatic heterocycles. The van der Waals surface area contributed by atoms with E-state index in [1.807, 2.05) is 13.8 Å². The molecule has 1 aromatic rings. The number of rotatable bonds is 3. The van der Waals surface area contributed by atoms with Gasteiger partial charge in [-0.05, 0) is 49.8 Å². The molecule has 3 nitrogen and oxygen atoms in total. The zero-order chi connectivity index (χ0) is 12.8. The summed E-state index contributed by atoms with van der Waals surface area (Å²) in [6.07, 6.45) is 1.60. The van der Waals surface area contributed by atoms with Gasteiger partial charge < -0.3 is 5.32 Å². The first kappa shape index (κ1) is 14.2. The number of halogens is 2. The summed E-state index contributed by atoms with van der Waals surface area (Å²) >= 11 is 16.7. The van der Waals surface area contributed by atoms with Gasteiger partial charge in [-0.15, -0.1) is 0 Å². The smallest absolute Gasteiger partial charge is 0.187 e. The molecular formula is C11H13Cl2N3S. The maximum absolute atomic E-state index is 5.86. The summed E-state index contributed by atoms with van der Waals surface area (Å²) in [4.78, 5) is 0. The Kier molecular flexibility index (Phi) is 5.68. The van der Waals surface area contributed by atoms with Gasteiger partial charge in [-0.25, -0.2) is 0 Å². The number of nitrogens with one attached hydrogen (secondary N) is 2. The van der Waals surface area contributed by atoms with Crippen LogP contribution in [0.15, 0.2) is 23.3 Å². The molecule has 1 rings (SSSR count). The van der Waals surface area contributed by atoms with Gasteiger partial charge in [-0.3, -0.25) is 5.43 Å². The third-order valence-corrected chi connectivity index (χ3v) is 2.33. The minimum Gasteiger partial charge on any atom is -0.359 e. The Balaban J connectivity index is 2.56. The maximum atomic E-state index is 5.86. The maximum Gasteiger partial charge on any atom is 0.187 e. The summed E-state index contributed by atoms with van der Waals surface area (Å²) in [6, 6.07) is 5.46. The van der Waals surface area contributed by atoms with Gasteiger partial charge in [-0.2, -0.15) is 5.10 Å². The van der Waals surface area contributed by atoms with Crippen molar-refractivity contribution in [1.29, 1.82) is 0 Å². The van der Waals surface area contributed by atoms with Crippen molar-refractivity contribution in [1.82, 2.24) is 10.7 Å². The van der Waals surface area contributed by atoms with Crippen LogP contribution in [0.2, 0.25) is 10.0 Å². The molecule has 17 heavy (non-hydrogen) atoms. The Bertz CT molecular complexity index is 412. The number of hydrazone groups is 1. The number of nitrogens with zero attached hydrogens (tertiary/aromatic N) is 1. The molecule has 0 saturated carbocycles. The van der Waals surface area contributed by atoms with Crippen molar-refractivity contribution in [3.8, 4) is 0 Å². The Hall–Kier alpha value is -0.840. The van der Waals surface area contributed by atoms with Crippen LogP contribution in [0.1, 0.15) is 19.4 Å². The van der Waals surface area contributed by atoms with Crippen LogP contribution in [-0.4, -0.2) is 17.4 Å². The van der Waals surface area contributed by atoms with E-state index in [4.69, 9.17) is 35.4 Å². The van der Waals surface area contributed by atoms with Gasteiger partial charge in [0.05, 0.1) is 6.21 Å².